The SMILES string of the molecule is CCCCCOC(=O)CCCCCCCCCCCCCCC(C)C(C)C(=O)OCCCCC. The maximum atomic E-state index is 12.1. The van der Waals surface area contributed by atoms with Crippen LogP contribution < -0.4 is 0 Å². The Kier molecular flexibility index (Phi) is 24.3. The summed E-state index contributed by atoms with van der Waals surface area (Å²) in [4.78, 5) is 23.7. The highest BCUT2D eigenvalue weighted by atomic mass is 16.5. The molecule has 0 saturated heterocycles. The molecule has 0 spiro atoms. The van der Waals surface area contributed by atoms with E-state index in [9.17, 15) is 9.59 Å². The summed E-state index contributed by atoms with van der Waals surface area (Å²) in [6.07, 6.45) is 23.5. The zero-order valence-corrected chi connectivity index (χ0v) is 23.3. The van der Waals surface area contributed by atoms with Crippen LogP contribution in [0.5, 0.6) is 0 Å². The van der Waals surface area contributed by atoms with E-state index >= 15 is 0 Å². The van der Waals surface area contributed by atoms with Crippen LogP contribution in [-0.2, 0) is 19.1 Å². The predicted molar refractivity (Wildman–Crippen MR) is 144 cm³/mol. The Morgan fingerprint density at radius 1 is 0.559 bits per heavy atom. The van der Waals surface area contributed by atoms with Gasteiger partial charge < -0.3 is 9.47 Å². The molecule has 0 saturated carbocycles. The number of hydrogen-bond donors (Lipinski definition) is 0. The zero-order chi connectivity index (χ0) is 25.3. The van der Waals surface area contributed by atoms with Gasteiger partial charge in [-0.2, -0.15) is 0 Å². The average Bonchev–Trinajstić information content (AvgIpc) is 2.83. The van der Waals surface area contributed by atoms with Crippen LogP contribution in [0.15, 0.2) is 0 Å². The van der Waals surface area contributed by atoms with Crippen LogP contribution in [0, 0.1) is 11.8 Å². The minimum absolute atomic E-state index is 0.0103. The van der Waals surface area contributed by atoms with Gasteiger partial charge in [-0.25, -0.2) is 0 Å². The van der Waals surface area contributed by atoms with E-state index in [1.807, 2.05) is 6.92 Å². The van der Waals surface area contributed by atoms with Crippen LogP contribution in [0.3, 0.4) is 0 Å². The molecular weight excluding hydrogens is 424 g/mol. The van der Waals surface area contributed by atoms with Crippen LogP contribution in [0.25, 0.3) is 0 Å². The minimum Gasteiger partial charge on any atom is -0.466 e. The van der Waals surface area contributed by atoms with Gasteiger partial charge in [-0.15, -0.1) is 0 Å². The van der Waals surface area contributed by atoms with E-state index in [0.29, 0.717) is 25.6 Å². The summed E-state index contributed by atoms with van der Waals surface area (Å²) in [6.45, 7) is 9.72. The predicted octanol–water partition coefficient (Wildman–Crippen LogP) is 9.19. The van der Waals surface area contributed by atoms with Gasteiger partial charge >= 0.3 is 11.9 Å². The molecule has 0 radical (unpaired) electrons. The number of carbonyl (C=O) groups is 2. The Balaban J connectivity index is 3.38. The molecule has 4 nitrogen and oxygen atoms in total. The van der Waals surface area contributed by atoms with E-state index < -0.39 is 0 Å². The fraction of sp³-hybridized carbons (Fsp3) is 0.933. The second-order valence-corrected chi connectivity index (χ2v) is 10.3. The largest absolute Gasteiger partial charge is 0.466 e. The van der Waals surface area contributed by atoms with Crippen molar-refractivity contribution in [2.75, 3.05) is 13.2 Å². The Labute approximate surface area is 212 Å². The molecule has 202 valence electrons. The van der Waals surface area contributed by atoms with E-state index in [0.717, 1.165) is 57.8 Å². The lowest BCUT2D eigenvalue weighted by atomic mass is 9.90. The lowest BCUT2D eigenvalue weighted by Gasteiger charge is -2.18. The maximum Gasteiger partial charge on any atom is 0.308 e. The summed E-state index contributed by atoms with van der Waals surface area (Å²) in [7, 11) is 0. The van der Waals surface area contributed by atoms with Gasteiger partial charge in [0.15, 0.2) is 0 Å². The van der Waals surface area contributed by atoms with Gasteiger partial charge in [0.1, 0.15) is 0 Å². The summed E-state index contributed by atoms with van der Waals surface area (Å²) >= 11 is 0. The van der Waals surface area contributed by atoms with Crippen molar-refractivity contribution < 1.29 is 19.1 Å². The molecule has 0 aliphatic rings. The topological polar surface area (TPSA) is 52.6 Å². The van der Waals surface area contributed by atoms with Crippen molar-refractivity contribution in [1.29, 1.82) is 0 Å². The molecule has 0 rings (SSSR count). The highest BCUT2D eigenvalue weighted by Crippen LogP contribution is 2.21. The normalized spacial score (nSPS) is 12.9. The molecule has 0 fully saturated rings. The molecule has 0 aliphatic heterocycles. The molecule has 34 heavy (non-hydrogen) atoms. The maximum absolute atomic E-state index is 12.1. The highest BCUT2D eigenvalue weighted by molar-refractivity contribution is 5.72. The van der Waals surface area contributed by atoms with E-state index in [1.165, 1.54) is 64.2 Å². The first-order valence-electron chi connectivity index (χ1n) is 14.8. The summed E-state index contributed by atoms with van der Waals surface area (Å²) in [5.74, 6) is 0.408. The van der Waals surface area contributed by atoms with Gasteiger partial charge in [-0.05, 0) is 31.6 Å². The number of ether oxygens (including phenoxy) is 2. The second kappa shape index (κ2) is 25.0. The van der Waals surface area contributed by atoms with E-state index in [-0.39, 0.29) is 17.9 Å². The van der Waals surface area contributed by atoms with Gasteiger partial charge in [0.05, 0.1) is 19.1 Å². The van der Waals surface area contributed by atoms with Crippen molar-refractivity contribution in [1.82, 2.24) is 0 Å². The van der Waals surface area contributed by atoms with Gasteiger partial charge in [-0.3, -0.25) is 9.59 Å². The molecule has 0 aliphatic carbocycles. The van der Waals surface area contributed by atoms with Crippen molar-refractivity contribution in [2.24, 2.45) is 11.8 Å². The molecule has 0 N–H and O–H groups in total. The first-order valence-corrected chi connectivity index (χ1v) is 14.8. The molecule has 2 atom stereocenters. The smallest absolute Gasteiger partial charge is 0.308 e. The molecular formula is C30H58O4. The number of esters is 2. The van der Waals surface area contributed by atoms with Gasteiger partial charge in [-0.1, -0.05) is 124 Å². The lowest BCUT2D eigenvalue weighted by Crippen LogP contribution is -2.22. The highest BCUT2D eigenvalue weighted by Gasteiger charge is 2.21. The number of rotatable bonds is 25. The first-order chi connectivity index (χ1) is 16.5. The molecule has 0 aromatic heterocycles. The average molecular weight is 483 g/mol. The van der Waals surface area contributed by atoms with E-state index in [4.69, 9.17) is 9.47 Å². The summed E-state index contributed by atoms with van der Waals surface area (Å²) in [5.41, 5.74) is 0. The lowest BCUT2D eigenvalue weighted by molar-refractivity contribution is -0.150. The first kappa shape index (κ1) is 32.9. The number of hydrogen-bond acceptors (Lipinski definition) is 4. The fourth-order valence-electron chi connectivity index (χ4n) is 4.25. The Hall–Kier alpha value is -1.06. The number of unbranched alkanes of at least 4 members (excludes halogenated alkanes) is 15. The summed E-state index contributed by atoms with van der Waals surface area (Å²) < 4.78 is 10.7. The van der Waals surface area contributed by atoms with Crippen LogP contribution in [0.1, 0.15) is 156 Å². The van der Waals surface area contributed by atoms with Gasteiger partial charge in [0.2, 0.25) is 0 Å². The Bertz CT molecular complexity index is 463. The molecule has 0 aromatic rings. The van der Waals surface area contributed by atoms with Crippen LogP contribution in [-0.4, -0.2) is 25.2 Å². The molecule has 0 aromatic carbocycles. The monoisotopic (exact) mass is 482 g/mol. The fourth-order valence-corrected chi connectivity index (χ4v) is 4.25. The van der Waals surface area contributed by atoms with Crippen molar-refractivity contribution in [3.05, 3.63) is 0 Å². The van der Waals surface area contributed by atoms with Gasteiger partial charge in [0, 0.05) is 6.42 Å². The van der Waals surface area contributed by atoms with E-state index in [2.05, 4.69) is 20.8 Å². The standard InChI is InChI=1S/C30H58O4/c1-5-7-21-25-33-29(31)24-20-18-16-14-12-10-9-11-13-15-17-19-23-27(3)28(4)30(32)34-26-22-8-6-2/h27-28H,5-26H2,1-4H3. The summed E-state index contributed by atoms with van der Waals surface area (Å²) in [6, 6.07) is 0. The molecule has 0 heterocycles. The van der Waals surface area contributed by atoms with Crippen molar-refractivity contribution >= 4 is 11.9 Å². The van der Waals surface area contributed by atoms with Crippen LogP contribution in [0.2, 0.25) is 0 Å². The third-order valence-corrected chi connectivity index (χ3v) is 7.02. The Morgan fingerprint density at radius 3 is 1.50 bits per heavy atom. The van der Waals surface area contributed by atoms with Crippen LogP contribution in [0.4, 0.5) is 0 Å². The van der Waals surface area contributed by atoms with E-state index in [1.54, 1.807) is 0 Å². The summed E-state index contributed by atoms with van der Waals surface area (Å²) in [5, 5.41) is 0. The Morgan fingerprint density at radius 2 is 1.00 bits per heavy atom. The molecule has 0 amide bonds. The van der Waals surface area contributed by atoms with Crippen molar-refractivity contribution in [3.8, 4) is 0 Å². The molecule has 4 heteroatoms. The quantitative estimate of drug-likeness (QED) is 0.0961. The zero-order valence-electron chi connectivity index (χ0n) is 23.3. The van der Waals surface area contributed by atoms with Crippen molar-refractivity contribution in [3.63, 3.8) is 0 Å². The molecule has 2 unspecified atom stereocenters. The van der Waals surface area contributed by atoms with Crippen molar-refractivity contribution in [2.45, 2.75) is 156 Å². The van der Waals surface area contributed by atoms with Crippen LogP contribution >= 0.6 is 0 Å². The third kappa shape index (κ3) is 21.5. The molecule has 0 bridgehead atoms. The van der Waals surface area contributed by atoms with Gasteiger partial charge in [0.25, 0.3) is 0 Å². The minimum atomic E-state index is -0.0135. The number of carbonyl (C=O) groups excluding carboxylic acids is 2. The third-order valence-electron chi connectivity index (χ3n) is 7.02. The second-order valence-electron chi connectivity index (χ2n) is 10.3.